The normalized spacial score (nSPS) is 19.6. The molecule has 2 heterocycles. The van der Waals surface area contributed by atoms with Crippen molar-refractivity contribution in [3.63, 3.8) is 0 Å². The highest BCUT2D eigenvalue weighted by atomic mass is 16.3. The summed E-state index contributed by atoms with van der Waals surface area (Å²) in [6.45, 7) is 2.76. The van der Waals surface area contributed by atoms with Gasteiger partial charge < -0.3 is 15.3 Å². The summed E-state index contributed by atoms with van der Waals surface area (Å²) in [6, 6.07) is 12.3. The number of likely N-dealkylation sites (tertiary alicyclic amines) is 1. The molecule has 2 amide bonds. The molecule has 1 aromatic heterocycles. The van der Waals surface area contributed by atoms with Crippen molar-refractivity contribution in [1.82, 2.24) is 15.2 Å². The molecule has 142 valence electrons. The van der Waals surface area contributed by atoms with Crippen LogP contribution in [0.5, 0.6) is 0 Å². The van der Waals surface area contributed by atoms with Crippen molar-refractivity contribution in [2.24, 2.45) is 0 Å². The Morgan fingerprint density at radius 3 is 2.63 bits per heavy atom. The zero-order valence-electron chi connectivity index (χ0n) is 15.5. The average Bonchev–Trinajstić information content (AvgIpc) is 2.70. The first kappa shape index (κ1) is 19.0. The number of β-amino-alcohol motifs (C(OH)–C–C–N with tert-alkyl or cyclic N) is 1. The first-order valence-corrected chi connectivity index (χ1v) is 9.36. The van der Waals surface area contributed by atoms with Gasteiger partial charge >= 0.3 is 0 Å². The summed E-state index contributed by atoms with van der Waals surface area (Å²) in [7, 11) is 0. The van der Waals surface area contributed by atoms with E-state index in [9.17, 15) is 14.7 Å². The molecule has 1 aliphatic rings. The Balaban J connectivity index is 1.56. The Labute approximate surface area is 159 Å². The van der Waals surface area contributed by atoms with Crippen LogP contribution in [0, 0.1) is 0 Å². The third-order valence-corrected chi connectivity index (χ3v) is 4.82. The maximum absolute atomic E-state index is 12.5. The summed E-state index contributed by atoms with van der Waals surface area (Å²) in [4.78, 5) is 30.5. The van der Waals surface area contributed by atoms with E-state index in [0.29, 0.717) is 24.2 Å². The second-order valence-corrected chi connectivity index (χ2v) is 6.85. The van der Waals surface area contributed by atoms with Gasteiger partial charge in [-0.15, -0.1) is 0 Å². The number of nitrogens with zero attached hydrogens (tertiary/aromatic N) is 2. The molecule has 0 spiro atoms. The lowest BCUT2D eigenvalue weighted by atomic mass is 10.0. The molecule has 0 aliphatic carbocycles. The molecule has 2 atom stereocenters. The van der Waals surface area contributed by atoms with Crippen molar-refractivity contribution in [3.05, 3.63) is 65.5 Å². The standard InChI is InChI=1S/C21H25N3O3/c1-2-5-15-7-9-16(10-8-15)20(26)23-17-11-13-24(14-19(17)25)21(27)18-6-3-4-12-22-18/h3-4,6-10,12,17,19,25H,2,5,11,13-14H2,1H3,(H,23,26)/t17-,19-/m1/s1. The van der Waals surface area contributed by atoms with E-state index in [1.165, 1.54) is 5.56 Å². The van der Waals surface area contributed by atoms with Crippen molar-refractivity contribution >= 4 is 11.8 Å². The first-order chi connectivity index (χ1) is 13.1. The highest BCUT2D eigenvalue weighted by Gasteiger charge is 2.32. The van der Waals surface area contributed by atoms with Crippen LogP contribution in [0.4, 0.5) is 0 Å². The summed E-state index contributed by atoms with van der Waals surface area (Å²) >= 11 is 0. The maximum atomic E-state index is 12.5. The first-order valence-electron chi connectivity index (χ1n) is 9.36. The maximum Gasteiger partial charge on any atom is 0.272 e. The number of aliphatic hydroxyl groups excluding tert-OH is 1. The van der Waals surface area contributed by atoms with Crippen LogP contribution in [0.15, 0.2) is 48.7 Å². The van der Waals surface area contributed by atoms with E-state index in [4.69, 9.17) is 0 Å². The van der Waals surface area contributed by atoms with Gasteiger partial charge in [0.1, 0.15) is 5.69 Å². The molecule has 0 saturated carbocycles. The van der Waals surface area contributed by atoms with E-state index in [1.807, 2.05) is 24.3 Å². The Morgan fingerprint density at radius 2 is 2.00 bits per heavy atom. The Morgan fingerprint density at radius 1 is 1.22 bits per heavy atom. The largest absolute Gasteiger partial charge is 0.389 e. The molecule has 6 heteroatoms. The van der Waals surface area contributed by atoms with Gasteiger partial charge in [-0.05, 0) is 42.7 Å². The Bertz CT molecular complexity index is 777. The van der Waals surface area contributed by atoms with E-state index >= 15 is 0 Å². The lowest BCUT2D eigenvalue weighted by Crippen LogP contribution is -2.55. The minimum Gasteiger partial charge on any atom is -0.389 e. The monoisotopic (exact) mass is 367 g/mol. The van der Waals surface area contributed by atoms with Crippen molar-refractivity contribution in [2.45, 2.75) is 38.3 Å². The molecule has 0 unspecified atom stereocenters. The lowest BCUT2D eigenvalue weighted by Gasteiger charge is -2.36. The average molecular weight is 367 g/mol. The molecule has 2 aromatic rings. The fourth-order valence-electron chi connectivity index (χ4n) is 3.30. The summed E-state index contributed by atoms with van der Waals surface area (Å²) in [5.41, 5.74) is 2.14. The van der Waals surface area contributed by atoms with Gasteiger partial charge in [0.15, 0.2) is 0 Å². The number of piperidine rings is 1. The van der Waals surface area contributed by atoms with Crippen molar-refractivity contribution in [3.8, 4) is 0 Å². The van der Waals surface area contributed by atoms with Gasteiger partial charge in [0.25, 0.3) is 11.8 Å². The number of amides is 2. The fraction of sp³-hybridized carbons (Fsp3) is 0.381. The highest BCUT2D eigenvalue weighted by Crippen LogP contribution is 2.15. The summed E-state index contributed by atoms with van der Waals surface area (Å²) in [5, 5.41) is 13.3. The summed E-state index contributed by atoms with van der Waals surface area (Å²) in [5.74, 6) is -0.405. The molecule has 1 saturated heterocycles. The van der Waals surface area contributed by atoms with Crippen LogP contribution in [0.25, 0.3) is 0 Å². The Kier molecular flexibility index (Phi) is 6.19. The predicted octanol–water partition coefficient (Wildman–Crippen LogP) is 2.04. The number of hydrogen-bond donors (Lipinski definition) is 2. The number of aliphatic hydroxyl groups is 1. The molecule has 2 N–H and O–H groups in total. The third kappa shape index (κ3) is 4.71. The zero-order valence-corrected chi connectivity index (χ0v) is 15.5. The predicted molar refractivity (Wildman–Crippen MR) is 102 cm³/mol. The van der Waals surface area contributed by atoms with Crippen molar-refractivity contribution in [2.75, 3.05) is 13.1 Å². The number of aromatic nitrogens is 1. The summed E-state index contributed by atoms with van der Waals surface area (Å²) < 4.78 is 0. The number of carbonyl (C=O) groups excluding carboxylic acids is 2. The molecule has 0 bridgehead atoms. The second-order valence-electron chi connectivity index (χ2n) is 6.85. The van der Waals surface area contributed by atoms with E-state index in [1.54, 1.807) is 29.3 Å². The van der Waals surface area contributed by atoms with E-state index in [2.05, 4.69) is 17.2 Å². The number of nitrogens with one attached hydrogen (secondary N) is 1. The van der Waals surface area contributed by atoms with E-state index < -0.39 is 6.10 Å². The molecule has 1 aliphatic heterocycles. The van der Waals surface area contributed by atoms with Crippen LogP contribution in [0.3, 0.4) is 0 Å². The van der Waals surface area contributed by atoms with Gasteiger partial charge in [-0.3, -0.25) is 14.6 Å². The smallest absolute Gasteiger partial charge is 0.272 e. The van der Waals surface area contributed by atoms with Gasteiger partial charge in [-0.1, -0.05) is 31.5 Å². The molecular weight excluding hydrogens is 342 g/mol. The minimum absolute atomic E-state index is 0.176. The number of hydrogen-bond acceptors (Lipinski definition) is 4. The molecule has 27 heavy (non-hydrogen) atoms. The lowest BCUT2D eigenvalue weighted by molar-refractivity contribution is 0.0311. The van der Waals surface area contributed by atoms with Crippen LogP contribution in [0.1, 0.15) is 46.2 Å². The van der Waals surface area contributed by atoms with Crippen LogP contribution >= 0.6 is 0 Å². The Hall–Kier alpha value is -2.73. The molecule has 0 radical (unpaired) electrons. The van der Waals surface area contributed by atoms with Gasteiger partial charge in [0.2, 0.25) is 0 Å². The molecular formula is C21H25N3O3. The topological polar surface area (TPSA) is 82.5 Å². The highest BCUT2D eigenvalue weighted by molar-refractivity contribution is 5.94. The van der Waals surface area contributed by atoms with Crippen LogP contribution < -0.4 is 5.32 Å². The SMILES string of the molecule is CCCc1ccc(C(=O)N[C@@H]2CCN(C(=O)c3ccccn3)C[C@H]2O)cc1. The second kappa shape index (κ2) is 8.77. The van der Waals surface area contributed by atoms with E-state index in [0.717, 1.165) is 12.8 Å². The minimum atomic E-state index is -0.810. The molecule has 1 fully saturated rings. The number of benzene rings is 1. The van der Waals surface area contributed by atoms with Crippen molar-refractivity contribution < 1.29 is 14.7 Å². The van der Waals surface area contributed by atoms with Crippen LogP contribution in [-0.2, 0) is 6.42 Å². The van der Waals surface area contributed by atoms with Gasteiger partial charge in [0.05, 0.1) is 12.1 Å². The summed E-state index contributed by atoms with van der Waals surface area (Å²) in [6.07, 6.45) is 3.31. The van der Waals surface area contributed by atoms with Crippen molar-refractivity contribution in [1.29, 1.82) is 0 Å². The number of pyridine rings is 1. The zero-order chi connectivity index (χ0) is 19.2. The molecule has 1 aromatic carbocycles. The fourth-order valence-corrected chi connectivity index (χ4v) is 3.30. The number of rotatable bonds is 5. The van der Waals surface area contributed by atoms with Crippen LogP contribution in [0.2, 0.25) is 0 Å². The van der Waals surface area contributed by atoms with E-state index in [-0.39, 0.29) is 24.4 Å². The number of aryl methyl sites for hydroxylation is 1. The van der Waals surface area contributed by atoms with Crippen LogP contribution in [-0.4, -0.2) is 52.0 Å². The van der Waals surface area contributed by atoms with Gasteiger partial charge in [-0.2, -0.15) is 0 Å². The van der Waals surface area contributed by atoms with Gasteiger partial charge in [0, 0.05) is 24.8 Å². The van der Waals surface area contributed by atoms with Gasteiger partial charge in [-0.25, -0.2) is 0 Å². The molecule has 6 nitrogen and oxygen atoms in total. The number of carbonyl (C=O) groups is 2. The molecule has 3 rings (SSSR count). The third-order valence-electron chi connectivity index (χ3n) is 4.82. The quantitative estimate of drug-likeness (QED) is 0.847.